The van der Waals surface area contributed by atoms with Crippen LogP contribution in [0.4, 0.5) is 0 Å². The van der Waals surface area contributed by atoms with Gasteiger partial charge in [-0.3, -0.25) is 4.79 Å². The maximum atomic E-state index is 12.3. The molecule has 0 heterocycles. The van der Waals surface area contributed by atoms with Crippen LogP contribution in [-0.4, -0.2) is 25.5 Å². The van der Waals surface area contributed by atoms with Gasteiger partial charge >= 0.3 is 5.97 Å². The summed E-state index contributed by atoms with van der Waals surface area (Å²) in [7, 11) is -3.69. The molecule has 1 aliphatic carbocycles. The minimum Gasteiger partial charge on any atom is -0.481 e. The molecule has 0 bridgehead atoms. The normalized spacial score (nSPS) is 23.4. The number of halogens is 1. The minimum absolute atomic E-state index is 0.140. The highest BCUT2D eigenvalue weighted by Crippen LogP contribution is 2.26. The zero-order valence-electron chi connectivity index (χ0n) is 10.8. The standard InChI is InChI=1S/C13H16BrNO4S/c14-9-4-3-5-10(8-9)20(18,19)15-12-7-2-1-6-11(12)13(16)17/h3-5,8,11-12,15H,1-2,6-7H2,(H,16,17). The first-order valence-corrected chi connectivity index (χ1v) is 8.68. The molecule has 1 fully saturated rings. The van der Waals surface area contributed by atoms with Crippen molar-refractivity contribution in [2.24, 2.45) is 5.92 Å². The van der Waals surface area contributed by atoms with Crippen LogP contribution in [0.3, 0.4) is 0 Å². The maximum Gasteiger partial charge on any atom is 0.308 e. The Kier molecular flexibility index (Phi) is 4.82. The van der Waals surface area contributed by atoms with E-state index >= 15 is 0 Å². The summed E-state index contributed by atoms with van der Waals surface area (Å²) in [6.45, 7) is 0. The van der Waals surface area contributed by atoms with E-state index in [2.05, 4.69) is 20.7 Å². The van der Waals surface area contributed by atoms with Crippen molar-refractivity contribution in [2.45, 2.75) is 36.6 Å². The van der Waals surface area contributed by atoms with Gasteiger partial charge in [0.15, 0.2) is 0 Å². The van der Waals surface area contributed by atoms with Crippen molar-refractivity contribution in [3.8, 4) is 0 Å². The van der Waals surface area contributed by atoms with Crippen molar-refractivity contribution in [1.82, 2.24) is 4.72 Å². The highest BCUT2D eigenvalue weighted by Gasteiger charge is 2.33. The second kappa shape index (κ2) is 6.24. The van der Waals surface area contributed by atoms with Crippen LogP contribution >= 0.6 is 15.9 Å². The number of carboxylic acids is 1. The molecule has 110 valence electrons. The first-order valence-electron chi connectivity index (χ1n) is 6.41. The number of hydrogen-bond acceptors (Lipinski definition) is 3. The molecule has 0 radical (unpaired) electrons. The molecule has 1 aromatic carbocycles. The van der Waals surface area contributed by atoms with Crippen molar-refractivity contribution in [3.63, 3.8) is 0 Å². The zero-order chi connectivity index (χ0) is 14.8. The van der Waals surface area contributed by atoms with Gasteiger partial charge in [-0.1, -0.05) is 34.8 Å². The summed E-state index contributed by atoms with van der Waals surface area (Å²) in [5, 5.41) is 9.18. The number of carboxylic acid groups (broad SMARTS) is 1. The summed E-state index contributed by atoms with van der Waals surface area (Å²) < 4.78 is 27.8. The number of benzene rings is 1. The van der Waals surface area contributed by atoms with E-state index < -0.39 is 28.0 Å². The fourth-order valence-electron chi connectivity index (χ4n) is 2.47. The third-order valence-electron chi connectivity index (χ3n) is 3.50. The lowest BCUT2D eigenvalue weighted by Gasteiger charge is -2.29. The highest BCUT2D eigenvalue weighted by molar-refractivity contribution is 9.10. The average molecular weight is 362 g/mol. The van der Waals surface area contributed by atoms with Gasteiger partial charge in [0.25, 0.3) is 0 Å². The van der Waals surface area contributed by atoms with Crippen LogP contribution in [0.2, 0.25) is 0 Å². The van der Waals surface area contributed by atoms with Crippen molar-refractivity contribution < 1.29 is 18.3 Å². The quantitative estimate of drug-likeness (QED) is 0.862. The van der Waals surface area contributed by atoms with Crippen molar-refractivity contribution in [2.75, 3.05) is 0 Å². The summed E-state index contributed by atoms with van der Waals surface area (Å²) in [6.07, 6.45) is 2.74. The number of carbonyl (C=O) groups is 1. The van der Waals surface area contributed by atoms with Gasteiger partial charge in [0.2, 0.25) is 10.0 Å². The summed E-state index contributed by atoms with van der Waals surface area (Å²) in [4.78, 5) is 11.3. The van der Waals surface area contributed by atoms with Crippen molar-refractivity contribution >= 4 is 31.9 Å². The fourth-order valence-corrected chi connectivity index (χ4v) is 4.38. The van der Waals surface area contributed by atoms with Gasteiger partial charge in [-0.05, 0) is 31.0 Å². The molecule has 1 saturated carbocycles. The zero-order valence-corrected chi connectivity index (χ0v) is 13.2. The number of nitrogens with one attached hydrogen (secondary N) is 1. The van der Waals surface area contributed by atoms with Crippen LogP contribution in [0, 0.1) is 5.92 Å². The van der Waals surface area contributed by atoms with E-state index in [0.717, 1.165) is 12.8 Å². The lowest BCUT2D eigenvalue weighted by Crippen LogP contribution is -2.44. The van der Waals surface area contributed by atoms with Crippen LogP contribution in [0.1, 0.15) is 25.7 Å². The van der Waals surface area contributed by atoms with Gasteiger partial charge < -0.3 is 5.11 Å². The van der Waals surface area contributed by atoms with E-state index in [9.17, 15) is 18.3 Å². The van der Waals surface area contributed by atoms with Crippen LogP contribution in [0.5, 0.6) is 0 Å². The molecule has 0 saturated heterocycles. The SMILES string of the molecule is O=C(O)C1CCCCC1NS(=O)(=O)c1cccc(Br)c1. The van der Waals surface area contributed by atoms with Crippen LogP contribution < -0.4 is 4.72 Å². The molecule has 20 heavy (non-hydrogen) atoms. The molecule has 5 nitrogen and oxygen atoms in total. The molecule has 0 aromatic heterocycles. The Morgan fingerprint density at radius 1 is 1.30 bits per heavy atom. The molecule has 7 heteroatoms. The Balaban J connectivity index is 2.20. The Morgan fingerprint density at radius 3 is 2.65 bits per heavy atom. The Labute approximate surface area is 126 Å². The van der Waals surface area contributed by atoms with E-state index in [0.29, 0.717) is 17.3 Å². The molecule has 0 aliphatic heterocycles. The molecule has 2 N–H and O–H groups in total. The largest absolute Gasteiger partial charge is 0.481 e. The number of aliphatic carboxylic acids is 1. The molecular formula is C13H16BrNO4S. The smallest absolute Gasteiger partial charge is 0.308 e. The topological polar surface area (TPSA) is 83.5 Å². The fraction of sp³-hybridized carbons (Fsp3) is 0.462. The van der Waals surface area contributed by atoms with Crippen LogP contribution in [0.25, 0.3) is 0 Å². The average Bonchev–Trinajstić information content (AvgIpc) is 2.38. The molecule has 2 atom stereocenters. The predicted octanol–water partition coefficient (Wildman–Crippen LogP) is 2.37. The number of rotatable bonds is 4. The van der Waals surface area contributed by atoms with Gasteiger partial charge in [-0.15, -0.1) is 0 Å². The molecule has 1 aromatic rings. The third kappa shape index (κ3) is 3.59. The van der Waals surface area contributed by atoms with Crippen molar-refractivity contribution in [3.05, 3.63) is 28.7 Å². The highest BCUT2D eigenvalue weighted by atomic mass is 79.9. The monoisotopic (exact) mass is 361 g/mol. The predicted molar refractivity (Wildman–Crippen MR) is 77.8 cm³/mol. The minimum atomic E-state index is -3.69. The molecule has 0 spiro atoms. The number of hydrogen-bond donors (Lipinski definition) is 2. The van der Waals surface area contributed by atoms with Crippen molar-refractivity contribution in [1.29, 1.82) is 0 Å². The van der Waals surface area contributed by atoms with E-state index in [1.54, 1.807) is 12.1 Å². The van der Waals surface area contributed by atoms with Gasteiger partial charge in [0.05, 0.1) is 10.8 Å². The second-order valence-electron chi connectivity index (χ2n) is 4.91. The Morgan fingerprint density at radius 2 is 2.00 bits per heavy atom. The molecule has 2 unspecified atom stereocenters. The van der Waals surface area contributed by atoms with E-state index in [4.69, 9.17) is 0 Å². The summed E-state index contributed by atoms with van der Waals surface area (Å²) in [5.41, 5.74) is 0. The number of sulfonamides is 1. The second-order valence-corrected chi connectivity index (χ2v) is 7.54. The van der Waals surface area contributed by atoms with Gasteiger partial charge in [0, 0.05) is 10.5 Å². The first-order chi connectivity index (χ1) is 9.40. The van der Waals surface area contributed by atoms with Gasteiger partial charge in [-0.25, -0.2) is 13.1 Å². The summed E-state index contributed by atoms with van der Waals surface area (Å²) >= 11 is 3.23. The maximum absolute atomic E-state index is 12.3. The van der Waals surface area contributed by atoms with Crippen LogP contribution in [0.15, 0.2) is 33.6 Å². The molecule has 1 aliphatic rings. The first kappa shape index (κ1) is 15.5. The Bertz CT molecular complexity index is 602. The summed E-state index contributed by atoms with van der Waals surface area (Å²) in [6, 6.07) is 5.82. The summed E-state index contributed by atoms with van der Waals surface area (Å²) in [5.74, 6) is -1.59. The lowest BCUT2D eigenvalue weighted by molar-refractivity contribution is -0.143. The van der Waals surface area contributed by atoms with E-state index in [1.807, 2.05) is 0 Å². The molecular weight excluding hydrogens is 346 g/mol. The Hall–Kier alpha value is -0.920. The third-order valence-corrected chi connectivity index (χ3v) is 5.48. The van der Waals surface area contributed by atoms with Crippen LogP contribution in [-0.2, 0) is 14.8 Å². The molecule has 0 amide bonds. The van der Waals surface area contributed by atoms with E-state index in [1.165, 1.54) is 12.1 Å². The molecule has 2 rings (SSSR count). The van der Waals surface area contributed by atoms with Gasteiger partial charge in [-0.2, -0.15) is 0 Å². The van der Waals surface area contributed by atoms with E-state index in [-0.39, 0.29) is 4.90 Å². The lowest BCUT2D eigenvalue weighted by atomic mass is 9.85. The van der Waals surface area contributed by atoms with Gasteiger partial charge in [0.1, 0.15) is 0 Å².